The van der Waals surface area contributed by atoms with E-state index in [9.17, 15) is 9.18 Å². The Morgan fingerprint density at radius 2 is 2.00 bits per heavy atom. The van der Waals surface area contributed by atoms with E-state index in [2.05, 4.69) is 20.5 Å². The molecule has 6 nitrogen and oxygen atoms in total. The Morgan fingerprint density at radius 3 is 2.64 bits per heavy atom. The fourth-order valence-electron chi connectivity index (χ4n) is 4.23. The second-order valence-electron chi connectivity index (χ2n) is 8.62. The van der Waals surface area contributed by atoms with Crippen molar-refractivity contribution in [1.29, 1.82) is 0 Å². The van der Waals surface area contributed by atoms with Gasteiger partial charge in [-0.3, -0.25) is 9.36 Å². The van der Waals surface area contributed by atoms with Crippen LogP contribution < -0.4 is 16.2 Å². The first-order chi connectivity index (χ1) is 16.0. The average molecular weight is 464 g/mol. The van der Waals surface area contributed by atoms with Gasteiger partial charge in [-0.25, -0.2) is 14.2 Å². The molecule has 33 heavy (non-hydrogen) atoms. The molecule has 0 unspecified atom stereocenters. The Balaban J connectivity index is 1.61. The molecule has 5 rings (SSSR count). The van der Waals surface area contributed by atoms with E-state index in [1.165, 1.54) is 35.1 Å². The largest absolute Gasteiger partial charge is 0.368 e. The SMILES string of the molecule is [C-]#[N+]c1ccc(-c2nc(NC[C@H]3CCNC3)c(Cl)c(=O)n2-c2ccc(C3CC3)cc2)cc1F. The van der Waals surface area contributed by atoms with E-state index >= 15 is 0 Å². The lowest BCUT2D eigenvalue weighted by Gasteiger charge is -2.18. The number of anilines is 1. The highest BCUT2D eigenvalue weighted by atomic mass is 35.5. The molecule has 0 amide bonds. The molecule has 3 aromatic rings. The lowest BCUT2D eigenvalue weighted by Crippen LogP contribution is -2.25. The highest BCUT2D eigenvalue weighted by molar-refractivity contribution is 6.32. The fourth-order valence-corrected chi connectivity index (χ4v) is 4.42. The summed E-state index contributed by atoms with van der Waals surface area (Å²) in [6.45, 7) is 9.60. The van der Waals surface area contributed by atoms with E-state index in [0.717, 1.165) is 19.5 Å². The third-order valence-electron chi connectivity index (χ3n) is 6.28. The van der Waals surface area contributed by atoms with Crippen LogP contribution in [-0.4, -0.2) is 29.2 Å². The highest BCUT2D eigenvalue weighted by Gasteiger charge is 2.24. The number of rotatable bonds is 6. The predicted molar refractivity (Wildman–Crippen MR) is 128 cm³/mol. The molecule has 168 valence electrons. The normalized spacial score (nSPS) is 17.7. The molecule has 1 aliphatic carbocycles. The molecular weight excluding hydrogens is 441 g/mol. The molecule has 1 saturated carbocycles. The Hall–Kier alpha value is -3.21. The third kappa shape index (κ3) is 4.37. The van der Waals surface area contributed by atoms with Crippen LogP contribution >= 0.6 is 11.6 Å². The second-order valence-corrected chi connectivity index (χ2v) is 9.00. The highest BCUT2D eigenvalue weighted by Crippen LogP contribution is 2.40. The zero-order chi connectivity index (χ0) is 22.9. The molecule has 2 fully saturated rings. The summed E-state index contributed by atoms with van der Waals surface area (Å²) in [5, 5.41) is 6.52. The molecule has 1 aromatic heterocycles. The number of hydrogen-bond acceptors (Lipinski definition) is 4. The molecule has 0 radical (unpaired) electrons. The van der Waals surface area contributed by atoms with Gasteiger partial charge in [-0.05, 0) is 68.0 Å². The number of aromatic nitrogens is 2. The minimum absolute atomic E-state index is 0.00535. The molecule has 2 aliphatic rings. The quantitative estimate of drug-likeness (QED) is 0.497. The Kier molecular flexibility index (Phi) is 5.88. The molecule has 8 heteroatoms. The van der Waals surface area contributed by atoms with E-state index in [-0.39, 0.29) is 22.4 Å². The van der Waals surface area contributed by atoms with Crippen LogP contribution in [-0.2, 0) is 0 Å². The van der Waals surface area contributed by atoms with Gasteiger partial charge in [0.1, 0.15) is 16.7 Å². The standard InChI is InChI=1S/C25H23ClFN5O/c1-28-21-9-6-18(12-20(21)27)24-31-23(30-14-15-10-11-29-13-15)22(26)25(33)32(24)19-7-4-17(5-8-19)16-2-3-16/h4-9,12,15-16,29-30H,2-3,10-11,13-14H2/t15-/m0/s1. The lowest BCUT2D eigenvalue weighted by atomic mass is 10.1. The Labute approximate surface area is 196 Å². The van der Waals surface area contributed by atoms with Gasteiger partial charge < -0.3 is 10.6 Å². The van der Waals surface area contributed by atoms with Crippen LogP contribution in [0.1, 0.15) is 30.7 Å². The molecule has 2 heterocycles. The Morgan fingerprint density at radius 1 is 1.21 bits per heavy atom. The van der Waals surface area contributed by atoms with Crippen LogP contribution in [0.25, 0.3) is 21.9 Å². The molecule has 2 N–H and O–H groups in total. The van der Waals surface area contributed by atoms with Gasteiger partial charge in [-0.1, -0.05) is 35.9 Å². The van der Waals surface area contributed by atoms with Crippen molar-refractivity contribution in [2.45, 2.75) is 25.2 Å². The van der Waals surface area contributed by atoms with Crippen molar-refractivity contribution in [2.75, 3.05) is 25.0 Å². The maximum atomic E-state index is 14.5. The summed E-state index contributed by atoms with van der Waals surface area (Å²) in [6, 6.07) is 12.0. The van der Waals surface area contributed by atoms with Gasteiger partial charge in [0.25, 0.3) is 5.56 Å². The van der Waals surface area contributed by atoms with Crippen molar-refractivity contribution in [3.8, 4) is 17.1 Å². The average Bonchev–Trinajstić information content (AvgIpc) is 3.55. The van der Waals surface area contributed by atoms with Crippen LogP contribution in [0, 0.1) is 18.3 Å². The van der Waals surface area contributed by atoms with Gasteiger partial charge in [-0.15, -0.1) is 0 Å². The first-order valence-corrected chi connectivity index (χ1v) is 11.5. The first-order valence-electron chi connectivity index (χ1n) is 11.1. The molecule has 1 atom stereocenters. The minimum Gasteiger partial charge on any atom is -0.368 e. The number of benzene rings is 2. The fraction of sp³-hybridized carbons (Fsp3) is 0.320. The van der Waals surface area contributed by atoms with Gasteiger partial charge in [0.2, 0.25) is 5.69 Å². The van der Waals surface area contributed by atoms with Crippen molar-refractivity contribution in [3.05, 3.63) is 80.6 Å². The van der Waals surface area contributed by atoms with Gasteiger partial charge >= 0.3 is 0 Å². The Bertz CT molecular complexity index is 1290. The van der Waals surface area contributed by atoms with Crippen molar-refractivity contribution in [3.63, 3.8) is 0 Å². The summed E-state index contributed by atoms with van der Waals surface area (Å²) < 4.78 is 15.9. The number of hydrogen-bond donors (Lipinski definition) is 2. The van der Waals surface area contributed by atoms with Crippen LogP contribution in [0.5, 0.6) is 0 Å². The van der Waals surface area contributed by atoms with Crippen molar-refractivity contribution < 1.29 is 4.39 Å². The van der Waals surface area contributed by atoms with Crippen molar-refractivity contribution in [2.24, 2.45) is 5.92 Å². The van der Waals surface area contributed by atoms with E-state index in [0.29, 0.717) is 29.6 Å². The molecular formula is C25H23ClFN5O. The van der Waals surface area contributed by atoms with E-state index in [1.807, 2.05) is 24.3 Å². The number of nitrogens with zero attached hydrogens (tertiary/aromatic N) is 3. The molecule has 0 bridgehead atoms. The smallest absolute Gasteiger partial charge is 0.279 e. The van der Waals surface area contributed by atoms with Gasteiger partial charge in [0, 0.05) is 12.1 Å². The summed E-state index contributed by atoms with van der Waals surface area (Å²) in [5.74, 6) is 0.895. The second kappa shape index (κ2) is 8.97. The third-order valence-corrected chi connectivity index (χ3v) is 6.62. The summed E-state index contributed by atoms with van der Waals surface area (Å²) in [6.07, 6.45) is 3.40. The predicted octanol–water partition coefficient (Wildman–Crippen LogP) is 5.14. The topological polar surface area (TPSA) is 63.3 Å². The van der Waals surface area contributed by atoms with Gasteiger partial charge in [0.05, 0.1) is 12.3 Å². The van der Waals surface area contributed by atoms with Crippen LogP contribution in [0.2, 0.25) is 5.02 Å². The van der Waals surface area contributed by atoms with Crippen molar-refractivity contribution in [1.82, 2.24) is 14.9 Å². The number of halogens is 2. The van der Waals surface area contributed by atoms with Crippen LogP contribution in [0.15, 0.2) is 47.3 Å². The summed E-state index contributed by atoms with van der Waals surface area (Å²) in [5.41, 5.74) is 1.73. The van der Waals surface area contributed by atoms with Gasteiger partial charge in [-0.2, -0.15) is 0 Å². The van der Waals surface area contributed by atoms with Crippen LogP contribution in [0.4, 0.5) is 15.9 Å². The maximum absolute atomic E-state index is 14.5. The number of nitrogens with one attached hydrogen (secondary N) is 2. The summed E-state index contributed by atoms with van der Waals surface area (Å²) >= 11 is 6.48. The lowest BCUT2D eigenvalue weighted by molar-refractivity contribution is 0.614. The monoisotopic (exact) mass is 463 g/mol. The van der Waals surface area contributed by atoms with E-state index in [4.69, 9.17) is 18.2 Å². The van der Waals surface area contributed by atoms with Crippen molar-refractivity contribution >= 4 is 23.1 Å². The molecule has 1 saturated heterocycles. The zero-order valence-electron chi connectivity index (χ0n) is 17.9. The van der Waals surface area contributed by atoms with E-state index in [1.54, 1.807) is 6.07 Å². The summed E-state index contributed by atoms with van der Waals surface area (Å²) in [4.78, 5) is 21.3. The molecule has 1 aliphatic heterocycles. The summed E-state index contributed by atoms with van der Waals surface area (Å²) in [7, 11) is 0. The molecule has 2 aromatic carbocycles. The zero-order valence-corrected chi connectivity index (χ0v) is 18.7. The maximum Gasteiger partial charge on any atom is 0.279 e. The van der Waals surface area contributed by atoms with Gasteiger partial charge in [0.15, 0.2) is 5.82 Å². The van der Waals surface area contributed by atoms with E-state index < -0.39 is 11.4 Å². The minimum atomic E-state index is -0.658. The van der Waals surface area contributed by atoms with Crippen LogP contribution in [0.3, 0.4) is 0 Å². The molecule has 0 spiro atoms. The first kappa shape index (κ1) is 21.6.